The smallest absolute Gasteiger partial charge is 0.269 e. The SMILES string of the molecule is CCN(CC)c1ccc(-n2c(C)cc([C@H]3[C@@H](c4ccccn4)NC(=S)N3c3ccc(Sc4ccc([N+](=O)[O-])cc4)cc3)c2C)cc1. The molecular weight excluding hydrogens is 613 g/mol. The summed E-state index contributed by atoms with van der Waals surface area (Å²) in [4.78, 5) is 21.9. The highest BCUT2D eigenvalue weighted by Gasteiger charge is 2.42. The largest absolute Gasteiger partial charge is 0.372 e. The van der Waals surface area contributed by atoms with Crippen molar-refractivity contribution in [2.24, 2.45) is 0 Å². The van der Waals surface area contributed by atoms with Crippen LogP contribution in [0.15, 0.2) is 113 Å². The molecule has 1 saturated heterocycles. The van der Waals surface area contributed by atoms with Gasteiger partial charge in [0.25, 0.3) is 5.69 Å². The molecule has 0 spiro atoms. The van der Waals surface area contributed by atoms with E-state index in [4.69, 9.17) is 17.2 Å². The van der Waals surface area contributed by atoms with Crippen LogP contribution >= 0.6 is 24.0 Å². The molecule has 8 nitrogen and oxygen atoms in total. The summed E-state index contributed by atoms with van der Waals surface area (Å²) in [5.74, 6) is 0. The van der Waals surface area contributed by atoms with E-state index in [1.165, 1.54) is 23.4 Å². The Balaban J connectivity index is 1.35. The molecule has 46 heavy (non-hydrogen) atoms. The van der Waals surface area contributed by atoms with E-state index < -0.39 is 0 Å². The van der Waals surface area contributed by atoms with Gasteiger partial charge >= 0.3 is 0 Å². The van der Waals surface area contributed by atoms with E-state index >= 15 is 0 Å². The number of aryl methyl sites for hydroxylation is 1. The number of aromatic nitrogens is 2. The van der Waals surface area contributed by atoms with Gasteiger partial charge in [-0.1, -0.05) is 17.8 Å². The van der Waals surface area contributed by atoms with Crippen LogP contribution in [-0.2, 0) is 0 Å². The molecule has 0 amide bonds. The summed E-state index contributed by atoms with van der Waals surface area (Å²) in [6.45, 7) is 10.6. The molecule has 0 bridgehead atoms. The van der Waals surface area contributed by atoms with Crippen LogP contribution in [0, 0.1) is 24.0 Å². The summed E-state index contributed by atoms with van der Waals surface area (Å²) < 4.78 is 2.32. The topological polar surface area (TPSA) is 79.5 Å². The van der Waals surface area contributed by atoms with Gasteiger partial charge in [-0.2, -0.15) is 0 Å². The van der Waals surface area contributed by atoms with Crippen LogP contribution in [-0.4, -0.2) is 32.7 Å². The van der Waals surface area contributed by atoms with E-state index in [-0.39, 0.29) is 22.7 Å². The van der Waals surface area contributed by atoms with Gasteiger partial charge in [0.15, 0.2) is 5.11 Å². The predicted molar refractivity (Wildman–Crippen MR) is 190 cm³/mol. The minimum atomic E-state index is -0.384. The molecular formula is C36H36N6O2S2. The molecule has 5 aromatic rings. The van der Waals surface area contributed by atoms with Crippen LogP contribution in [0.1, 0.15) is 48.6 Å². The van der Waals surface area contributed by atoms with Crippen molar-refractivity contribution >= 4 is 46.2 Å². The number of hydrogen-bond acceptors (Lipinski definition) is 6. The maximum Gasteiger partial charge on any atom is 0.269 e. The normalized spacial score (nSPS) is 16.0. The first kappa shape index (κ1) is 31.3. The Bertz CT molecular complexity index is 1840. The van der Waals surface area contributed by atoms with Crippen LogP contribution in [0.3, 0.4) is 0 Å². The van der Waals surface area contributed by atoms with Crippen LogP contribution in [0.2, 0.25) is 0 Å². The number of nitro groups is 1. The average molecular weight is 649 g/mol. The van der Waals surface area contributed by atoms with Gasteiger partial charge in [-0.15, -0.1) is 0 Å². The Hall–Kier alpha value is -4.67. The van der Waals surface area contributed by atoms with Gasteiger partial charge in [0.05, 0.1) is 22.7 Å². The van der Waals surface area contributed by atoms with Gasteiger partial charge in [-0.3, -0.25) is 15.1 Å². The van der Waals surface area contributed by atoms with Crippen molar-refractivity contribution in [3.8, 4) is 5.69 Å². The molecule has 1 N–H and O–H groups in total. The molecule has 1 fully saturated rings. The molecule has 1 aliphatic heterocycles. The number of non-ortho nitro benzene ring substituents is 1. The second-order valence-electron chi connectivity index (χ2n) is 11.2. The highest BCUT2D eigenvalue weighted by Crippen LogP contribution is 2.44. The second kappa shape index (κ2) is 13.4. The van der Waals surface area contributed by atoms with Crippen molar-refractivity contribution in [3.63, 3.8) is 0 Å². The second-order valence-corrected chi connectivity index (χ2v) is 12.7. The maximum absolute atomic E-state index is 11.0. The van der Waals surface area contributed by atoms with Crippen molar-refractivity contribution in [2.75, 3.05) is 22.9 Å². The molecule has 2 aromatic heterocycles. The third-order valence-electron chi connectivity index (χ3n) is 8.52. The Morgan fingerprint density at radius 3 is 2.13 bits per heavy atom. The number of nitrogens with zero attached hydrogens (tertiary/aromatic N) is 5. The van der Waals surface area contributed by atoms with Gasteiger partial charge < -0.3 is 19.7 Å². The number of hydrogen-bond donors (Lipinski definition) is 1. The quantitative estimate of drug-likeness (QED) is 0.0917. The minimum absolute atomic E-state index is 0.0826. The first-order chi connectivity index (χ1) is 22.3. The van der Waals surface area contributed by atoms with E-state index in [1.807, 2.05) is 24.4 Å². The molecule has 2 atom stereocenters. The number of anilines is 2. The number of thiocarbonyl (C=S) groups is 1. The van der Waals surface area contributed by atoms with Gasteiger partial charge in [0, 0.05) is 69.7 Å². The van der Waals surface area contributed by atoms with Crippen molar-refractivity contribution in [2.45, 2.75) is 49.6 Å². The molecule has 10 heteroatoms. The van der Waals surface area contributed by atoms with Gasteiger partial charge in [-0.05, 0) is 124 Å². The lowest BCUT2D eigenvalue weighted by Gasteiger charge is -2.28. The molecule has 3 aromatic carbocycles. The molecule has 0 radical (unpaired) electrons. The summed E-state index contributed by atoms with van der Waals surface area (Å²) in [6.07, 6.45) is 1.82. The van der Waals surface area contributed by atoms with E-state index in [9.17, 15) is 10.1 Å². The monoisotopic (exact) mass is 648 g/mol. The van der Waals surface area contributed by atoms with E-state index in [0.29, 0.717) is 5.11 Å². The lowest BCUT2D eigenvalue weighted by molar-refractivity contribution is -0.384. The zero-order valence-corrected chi connectivity index (χ0v) is 27.9. The fourth-order valence-corrected chi connectivity index (χ4v) is 7.44. The highest BCUT2D eigenvalue weighted by atomic mass is 32.2. The Kier molecular flexibility index (Phi) is 9.10. The first-order valence-corrected chi connectivity index (χ1v) is 16.6. The molecule has 0 saturated carbocycles. The fourth-order valence-electron chi connectivity index (χ4n) is 6.28. The number of nitro benzene ring substituents is 1. The van der Waals surface area contributed by atoms with Crippen molar-refractivity contribution in [1.82, 2.24) is 14.9 Å². The summed E-state index contributed by atoms with van der Waals surface area (Å²) in [6, 6.07) is 31.7. The third kappa shape index (κ3) is 6.10. The van der Waals surface area contributed by atoms with Crippen molar-refractivity contribution in [3.05, 3.63) is 136 Å². The maximum atomic E-state index is 11.0. The zero-order valence-electron chi connectivity index (χ0n) is 26.3. The number of rotatable bonds is 10. The molecule has 234 valence electrons. The van der Waals surface area contributed by atoms with Crippen molar-refractivity contribution < 1.29 is 4.92 Å². The van der Waals surface area contributed by atoms with Gasteiger partial charge in [-0.25, -0.2) is 0 Å². The minimum Gasteiger partial charge on any atom is -0.372 e. The Morgan fingerprint density at radius 1 is 0.913 bits per heavy atom. The Morgan fingerprint density at radius 2 is 1.54 bits per heavy atom. The van der Waals surface area contributed by atoms with Crippen LogP contribution in [0.5, 0.6) is 0 Å². The van der Waals surface area contributed by atoms with E-state index in [2.05, 4.69) is 102 Å². The molecule has 0 unspecified atom stereocenters. The van der Waals surface area contributed by atoms with Gasteiger partial charge in [0.1, 0.15) is 0 Å². The van der Waals surface area contributed by atoms with Crippen molar-refractivity contribution in [1.29, 1.82) is 0 Å². The first-order valence-electron chi connectivity index (χ1n) is 15.4. The number of nitrogens with one attached hydrogen (secondary N) is 1. The lowest BCUT2D eigenvalue weighted by atomic mass is 9.96. The van der Waals surface area contributed by atoms with Crippen LogP contribution in [0.25, 0.3) is 5.69 Å². The standard InChI is InChI=1S/C36H36N6O2S2/c1-5-39(6-2)26-10-12-27(13-11-26)40-24(3)23-32(25(40)4)35-34(33-9-7-8-22-37-33)38-36(45)41(35)28-14-18-30(19-15-28)46-31-20-16-29(17-21-31)42(43)44/h7-23,34-35H,5-6H2,1-4H3,(H,38,45)/t34-,35+/m1/s1. The third-order valence-corrected chi connectivity index (χ3v) is 9.85. The van der Waals surface area contributed by atoms with Crippen LogP contribution < -0.4 is 15.1 Å². The van der Waals surface area contributed by atoms with Crippen LogP contribution in [0.4, 0.5) is 17.1 Å². The number of pyridine rings is 1. The van der Waals surface area contributed by atoms with Gasteiger partial charge in [0.2, 0.25) is 0 Å². The summed E-state index contributed by atoms with van der Waals surface area (Å²) >= 11 is 7.56. The summed E-state index contributed by atoms with van der Waals surface area (Å²) in [5.41, 5.74) is 7.81. The molecule has 3 heterocycles. The highest BCUT2D eigenvalue weighted by molar-refractivity contribution is 7.99. The van der Waals surface area contributed by atoms with E-state index in [0.717, 1.165) is 51.3 Å². The fraction of sp³-hybridized carbons (Fsp3) is 0.222. The molecule has 0 aliphatic carbocycles. The summed E-state index contributed by atoms with van der Waals surface area (Å²) in [7, 11) is 0. The number of benzene rings is 3. The zero-order chi connectivity index (χ0) is 32.4. The van der Waals surface area contributed by atoms with E-state index in [1.54, 1.807) is 23.9 Å². The Labute approximate surface area is 279 Å². The average Bonchev–Trinajstić information content (AvgIpc) is 3.57. The lowest BCUT2D eigenvalue weighted by Crippen LogP contribution is -2.29. The molecule has 6 rings (SSSR count). The summed E-state index contributed by atoms with van der Waals surface area (Å²) in [5, 5.41) is 15.3. The predicted octanol–water partition coefficient (Wildman–Crippen LogP) is 8.57. The molecule has 1 aliphatic rings.